The van der Waals surface area contributed by atoms with E-state index in [1.165, 1.54) is 25.9 Å². The second-order valence-corrected chi connectivity index (χ2v) is 7.92. The van der Waals surface area contributed by atoms with Crippen LogP contribution in [0.1, 0.15) is 43.7 Å². The number of aliphatic hydroxyl groups is 1. The lowest BCUT2D eigenvalue weighted by atomic mass is 9.89. The van der Waals surface area contributed by atoms with Crippen molar-refractivity contribution < 1.29 is 9.90 Å². The highest BCUT2D eigenvalue weighted by molar-refractivity contribution is 5.74. The molecule has 0 aliphatic carbocycles. The van der Waals surface area contributed by atoms with Gasteiger partial charge in [-0.3, -0.25) is 0 Å². The molecule has 2 aliphatic heterocycles. The van der Waals surface area contributed by atoms with Crippen LogP contribution in [0.15, 0.2) is 24.3 Å². The van der Waals surface area contributed by atoms with E-state index < -0.39 is 5.60 Å². The van der Waals surface area contributed by atoms with Crippen LogP contribution in [-0.4, -0.2) is 60.2 Å². The molecule has 144 valence electrons. The van der Waals surface area contributed by atoms with Gasteiger partial charge >= 0.3 is 6.03 Å². The normalized spacial score (nSPS) is 24.8. The molecule has 1 aromatic rings. The molecular formula is C21H33N3O2. The SMILES string of the molecule is CCN1CCC(CCNC(=O)N2CC[C@](O)(c3ccccc3C)C2)CC1. The highest BCUT2D eigenvalue weighted by atomic mass is 16.3. The summed E-state index contributed by atoms with van der Waals surface area (Å²) in [6, 6.07) is 7.87. The number of hydrogen-bond donors (Lipinski definition) is 2. The predicted octanol–water partition coefficient (Wildman–Crippen LogP) is 2.72. The van der Waals surface area contributed by atoms with Crippen LogP contribution < -0.4 is 5.32 Å². The number of benzene rings is 1. The number of nitrogens with zero attached hydrogens (tertiary/aromatic N) is 2. The van der Waals surface area contributed by atoms with Crippen molar-refractivity contribution in [3.63, 3.8) is 0 Å². The number of likely N-dealkylation sites (tertiary alicyclic amines) is 2. The Kier molecular flexibility index (Phi) is 6.20. The number of rotatable bonds is 5. The molecule has 0 bridgehead atoms. The number of hydrogen-bond acceptors (Lipinski definition) is 3. The molecule has 5 heteroatoms. The molecule has 1 atom stereocenters. The second kappa shape index (κ2) is 8.40. The first kappa shape index (κ1) is 19.2. The molecule has 0 unspecified atom stereocenters. The Labute approximate surface area is 157 Å². The van der Waals surface area contributed by atoms with Crippen LogP contribution >= 0.6 is 0 Å². The summed E-state index contributed by atoms with van der Waals surface area (Å²) in [5.74, 6) is 0.723. The minimum absolute atomic E-state index is 0.0412. The molecule has 2 N–H and O–H groups in total. The number of carbonyl (C=O) groups excluding carboxylic acids is 1. The van der Waals surface area contributed by atoms with Crippen LogP contribution in [0.2, 0.25) is 0 Å². The predicted molar refractivity (Wildman–Crippen MR) is 104 cm³/mol. The van der Waals surface area contributed by atoms with Crippen LogP contribution in [0, 0.1) is 12.8 Å². The van der Waals surface area contributed by atoms with E-state index in [1.54, 1.807) is 4.90 Å². The summed E-state index contributed by atoms with van der Waals surface area (Å²) in [5.41, 5.74) is 1.10. The molecule has 2 aliphatic rings. The van der Waals surface area contributed by atoms with Gasteiger partial charge in [-0.05, 0) is 69.3 Å². The molecule has 5 nitrogen and oxygen atoms in total. The van der Waals surface area contributed by atoms with Crippen LogP contribution in [-0.2, 0) is 5.60 Å². The molecule has 2 fully saturated rings. The maximum absolute atomic E-state index is 12.5. The van der Waals surface area contributed by atoms with E-state index in [0.29, 0.717) is 19.5 Å². The van der Waals surface area contributed by atoms with Crippen molar-refractivity contribution in [1.82, 2.24) is 15.1 Å². The number of β-amino-alcohol motifs (C(OH)–C–C–N with tert-alkyl or cyclic N) is 1. The summed E-state index contributed by atoms with van der Waals surface area (Å²) in [6.45, 7) is 9.45. The van der Waals surface area contributed by atoms with Crippen LogP contribution in [0.25, 0.3) is 0 Å². The highest BCUT2D eigenvalue weighted by Gasteiger charge is 2.40. The fourth-order valence-corrected chi connectivity index (χ4v) is 4.37. The summed E-state index contributed by atoms with van der Waals surface area (Å²) < 4.78 is 0. The van der Waals surface area contributed by atoms with Gasteiger partial charge in [0.2, 0.25) is 0 Å². The van der Waals surface area contributed by atoms with Crippen molar-refractivity contribution in [2.24, 2.45) is 5.92 Å². The number of carbonyl (C=O) groups is 1. The van der Waals surface area contributed by atoms with E-state index in [4.69, 9.17) is 0 Å². The number of aryl methyl sites for hydroxylation is 1. The fourth-order valence-electron chi connectivity index (χ4n) is 4.37. The second-order valence-electron chi connectivity index (χ2n) is 7.92. The van der Waals surface area contributed by atoms with E-state index >= 15 is 0 Å². The lowest BCUT2D eigenvalue weighted by Gasteiger charge is -2.31. The Hall–Kier alpha value is -1.59. The first-order valence-electron chi connectivity index (χ1n) is 10.1. The minimum atomic E-state index is -0.921. The van der Waals surface area contributed by atoms with Crippen molar-refractivity contribution in [3.8, 4) is 0 Å². The first-order chi connectivity index (χ1) is 12.5. The zero-order chi connectivity index (χ0) is 18.6. The number of amides is 2. The molecule has 2 saturated heterocycles. The van der Waals surface area contributed by atoms with Gasteiger partial charge < -0.3 is 20.2 Å². The quantitative estimate of drug-likeness (QED) is 0.850. The fraction of sp³-hybridized carbons (Fsp3) is 0.667. The van der Waals surface area contributed by atoms with Crippen molar-refractivity contribution in [1.29, 1.82) is 0 Å². The third-order valence-corrected chi connectivity index (χ3v) is 6.16. The maximum Gasteiger partial charge on any atom is 0.317 e. The average molecular weight is 360 g/mol. The Balaban J connectivity index is 1.44. The van der Waals surface area contributed by atoms with Gasteiger partial charge in [0.1, 0.15) is 5.60 Å². The Bertz CT molecular complexity index is 613. The highest BCUT2D eigenvalue weighted by Crippen LogP contribution is 2.33. The van der Waals surface area contributed by atoms with Gasteiger partial charge in [-0.25, -0.2) is 4.79 Å². The summed E-state index contributed by atoms with van der Waals surface area (Å²) >= 11 is 0. The molecule has 0 aromatic heterocycles. The molecule has 2 amide bonds. The van der Waals surface area contributed by atoms with E-state index in [1.807, 2.05) is 31.2 Å². The summed E-state index contributed by atoms with van der Waals surface area (Å²) in [5, 5.41) is 14.1. The van der Waals surface area contributed by atoms with Gasteiger partial charge in [-0.2, -0.15) is 0 Å². The standard InChI is InChI=1S/C21H33N3O2/c1-3-23-13-9-18(10-14-23)8-12-22-20(25)24-15-11-21(26,16-24)19-7-5-4-6-17(19)2/h4-7,18,26H,3,8-16H2,1-2H3,(H,22,25)/t21-/m1/s1. The van der Waals surface area contributed by atoms with Crippen molar-refractivity contribution in [2.45, 2.75) is 45.1 Å². The maximum atomic E-state index is 12.5. The molecule has 26 heavy (non-hydrogen) atoms. The third-order valence-electron chi connectivity index (χ3n) is 6.16. The minimum Gasteiger partial charge on any atom is -0.383 e. The lowest BCUT2D eigenvalue weighted by Crippen LogP contribution is -2.42. The Morgan fingerprint density at radius 3 is 2.69 bits per heavy atom. The first-order valence-corrected chi connectivity index (χ1v) is 10.1. The van der Waals surface area contributed by atoms with Crippen molar-refractivity contribution in [2.75, 3.05) is 39.3 Å². The zero-order valence-electron chi connectivity index (χ0n) is 16.2. The molecule has 3 rings (SSSR count). The van der Waals surface area contributed by atoms with Crippen molar-refractivity contribution in [3.05, 3.63) is 35.4 Å². The molecule has 1 aromatic carbocycles. The molecular weight excluding hydrogens is 326 g/mol. The van der Waals surface area contributed by atoms with Gasteiger partial charge in [0.15, 0.2) is 0 Å². The van der Waals surface area contributed by atoms with Gasteiger partial charge in [-0.1, -0.05) is 31.2 Å². The van der Waals surface area contributed by atoms with Crippen molar-refractivity contribution >= 4 is 6.03 Å². The Morgan fingerprint density at radius 2 is 2.00 bits per heavy atom. The van der Waals surface area contributed by atoms with Gasteiger partial charge in [-0.15, -0.1) is 0 Å². The molecule has 0 radical (unpaired) electrons. The van der Waals surface area contributed by atoms with E-state index in [2.05, 4.69) is 17.1 Å². The topological polar surface area (TPSA) is 55.8 Å². The van der Waals surface area contributed by atoms with Crippen LogP contribution in [0.3, 0.4) is 0 Å². The number of piperidine rings is 1. The van der Waals surface area contributed by atoms with Gasteiger partial charge in [0, 0.05) is 13.1 Å². The monoisotopic (exact) mass is 359 g/mol. The molecule has 0 saturated carbocycles. The summed E-state index contributed by atoms with van der Waals surface area (Å²) in [4.78, 5) is 16.7. The van der Waals surface area contributed by atoms with Crippen LogP contribution in [0.4, 0.5) is 4.79 Å². The average Bonchev–Trinajstić information content (AvgIpc) is 3.06. The number of nitrogens with one attached hydrogen (secondary N) is 1. The van der Waals surface area contributed by atoms with E-state index in [9.17, 15) is 9.90 Å². The summed E-state index contributed by atoms with van der Waals surface area (Å²) in [6.07, 6.45) is 4.13. The molecule has 2 heterocycles. The molecule has 0 spiro atoms. The lowest BCUT2D eigenvalue weighted by molar-refractivity contribution is 0.0487. The Morgan fingerprint density at radius 1 is 1.27 bits per heavy atom. The van der Waals surface area contributed by atoms with Gasteiger partial charge in [0.05, 0.1) is 6.54 Å². The van der Waals surface area contributed by atoms with Crippen LogP contribution in [0.5, 0.6) is 0 Å². The summed E-state index contributed by atoms with van der Waals surface area (Å²) in [7, 11) is 0. The largest absolute Gasteiger partial charge is 0.383 e. The number of urea groups is 1. The van der Waals surface area contributed by atoms with E-state index in [-0.39, 0.29) is 6.03 Å². The smallest absolute Gasteiger partial charge is 0.317 e. The van der Waals surface area contributed by atoms with Gasteiger partial charge in [0.25, 0.3) is 0 Å². The third kappa shape index (κ3) is 4.38. The zero-order valence-corrected chi connectivity index (χ0v) is 16.2. The van der Waals surface area contributed by atoms with E-state index in [0.717, 1.165) is 36.6 Å².